The second-order valence-electron chi connectivity index (χ2n) is 3.92. The maximum Gasteiger partial charge on any atom is 0.305 e. The van der Waals surface area contributed by atoms with Gasteiger partial charge in [-0.2, -0.15) is 8.42 Å². The van der Waals surface area contributed by atoms with Crippen molar-refractivity contribution in [3.63, 3.8) is 0 Å². The van der Waals surface area contributed by atoms with Gasteiger partial charge in [0, 0.05) is 19.2 Å². The van der Waals surface area contributed by atoms with Crippen LogP contribution >= 0.6 is 0 Å². The van der Waals surface area contributed by atoms with Gasteiger partial charge in [-0.25, -0.2) is 9.29 Å². The summed E-state index contributed by atoms with van der Waals surface area (Å²) < 4.78 is 29.3. The van der Waals surface area contributed by atoms with Crippen LogP contribution in [0.1, 0.15) is 23.2 Å². The van der Waals surface area contributed by atoms with Gasteiger partial charge in [-0.1, -0.05) is 0 Å². The van der Waals surface area contributed by atoms with Crippen molar-refractivity contribution in [2.45, 2.75) is 17.9 Å². The molecular formula is C11H12N2O5S. The molecule has 0 atom stereocenters. The summed E-state index contributed by atoms with van der Waals surface area (Å²) >= 11 is 0. The monoisotopic (exact) mass is 284 g/mol. The van der Waals surface area contributed by atoms with Crippen LogP contribution < -0.4 is 0 Å². The SMILES string of the molecule is COC(=O)CCCN1C(=O)c2cccnc2S1(=O)=O. The molecule has 102 valence electrons. The van der Waals surface area contributed by atoms with Gasteiger partial charge in [0.2, 0.25) is 0 Å². The lowest BCUT2D eigenvalue weighted by Crippen LogP contribution is -2.31. The lowest BCUT2D eigenvalue weighted by atomic mass is 10.2. The number of hydrogen-bond donors (Lipinski definition) is 0. The van der Waals surface area contributed by atoms with Crippen molar-refractivity contribution in [1.82, 2.24) is 9.29 Å². The first-order chi connectivity index (χ1) is 8.98. The predicted octanol–water partition coefficient (Wildman–Crippen LogP) is 0.179. The van der Waals surface area contributed by atoms with E-state index in [1.54, 1.807) is 0 Å². The fourth-order valence-corrected chi connectivity index (χ4v) is 3.32. The van der Waals surface area contributed by atoms with Crippen molar-refractivity contribution in [2.75, 3.05) is 13.7 Å². The Bertz CT molecular complexity index is 626. The summed E-state index contributed by atoms with van der Waals surface area (Å²) in [5.74, 6) is -1.05. The summed E-state index contributed by atoms with van der Waals surface area (Å²) in [6.45, 7) is -0.0629. The molecule has 0 saturated carbocycles. The zero-order valence-corrected chi connectivity index (χ0v) is 11.0. The zero-order chi connectivity index (χ0) is 14.0. The summed E-state index contributed by atoms with van der Waals surface area (Å²) in [7, 11) is -2.63. The molecule has 2 heterocycles. The van der Waals surface area contributed by atoms with E-state index in [0.29, 0.717) is 0 Å². The lowest BCUT2D eigenvalue weighted by Gasteiger charge is -2.13. The number of nitrogens with zero attached hydrogens (tertiary/aromatic N) is 2. The van der Waals surface area contributed by atoms with Gasteiger partial charge < -0.3 is 4.74 Å². The van der Waals surface area contributed by atoms with E-state index >= 15 is 0 Å². The quantitative estimate of drug-likeness (QED) is 0.732. The average molecular weight is 284 g/mol. The Labute approximate surface area is 110 Å². The topological polar surface area (TPSA) is 93.6 Å². The van der Waals surface area contributed by atoms with Gasteiger partial charge >= 0.3 is 5.97 Å². The first-order valence-electron chi connectivity index (χ1n) is 5.57. The van der Waals surface area contributed by atoms with E-state index in [2.05, 4.69) is 9.72 Å². The molecular weight excluding hydrogens is 272 g/mol. The van der Waals surface area contributed by atoms with Crippen molar-refractivity contribution in [1.29, 1.82) is 0 Å². The largest absolute Gasteiger partial charge is 0.469 e. The van der Waals surface area contributed by atoms with Crippen molar-refractivity contribution in [2.24, 2.45) is 0 Å². The molecule has 1 aliphatic heterocycles. The average Bonchev–Trinajstić information content (AvgIpc) is 2.60. The molecule has 19 heavy (non-hydrogen) atoms. The van der Waals surface area contributed by atoms with Crippen LogP contribution in [0.2, 0.25) is 0 Å². The summed E-state index contributed by atoms with van der Waals surface area (Å²) in [5.41, 5.74) is 0.0700. The van der Waals surface area contributed by atoms with Gasteiger partial charge in [0.15, 0.2) is 5.03 Å². The predicted molar refractivity (Wildman–Crippen MR) is 63.7 cm³/mol. The first kappa shape index (κ1) is 13.5. The van der Waals surface area contributed by atoms with E-state index < -0.39 is 21.9 Å². The van der Waals surface area contributed by atoms with Crippen molar-refractivity contribution >= 4 is 21.9 Å². The molecule has 0 aromatic carbocycles. The highest BCUT2D eigenvalue weighted by atomic mass is 32.2. The number of carbonyl (C=O) groups is 2. The Morgan fingerprint density at radius 3 is 2.84 bits per heavy atom. The fourth-order valence-electron chi connectivity index (χ4n) is 1.80. The Hall–Kier alpha value is -1.96. The number of aromatic nitrogens is 1. The Balaban J connectivity index is 2.17. The van der Waals surface area contributed by atoms with E-state index in [1.807, 2.05) is 0 Å². The highest BCUT2D eigenvalue weighted by Crippen LogP contribution is 2.28. The molecule has 2 rings (SSSR count). The molecule has 0 spiro atoms. The van der Waals surface area contributed by atoms with E-state index in [9.17, 15) is 18.0 Å². The van der Waals surface area contributed by atoms with Gasteiger partial charge in [0.25, 0.3) is 15.9 Å². The second-order valence-corrected chi connectivity index (χ2v) is 5.70. The lowest BCUT2D eigenvalue weighted by molar-refractivity contribution is -0.140. The maximum atomic E-state index is 12.1. The molecule has 1 aromatic rings. The number of hydrogen-bond acceptors (Lipinski definition) is 6. The maximum absolute atomic E-state index is 12.1. The molecule has 0 N–H and O–H groups in total. The number of rotatable bonds is 4. The minimum absolute atomic E-state index is 0.0551. The normalized spacial score (nSPS) is 16.3. The fraction of sp³-hybridized carbons (Fsp3) is 0.364. The first-order valence-corrected chi connectivity index (χ1v) is 7.01. The van der Waals surface area contributed by atoms with E-state index in [-0.39, 0.29) is 30.0 Å². The number of fused-ring (bicyclic) bond motifs is 1. The molecule has 0 saturated heterocycles. The number of ether oxygens (including phenoxy) is 1. The van der Waals surface area contributed by atoms with Crippen LogP contribution in [-0.4, -0.2) is 43.2 Å². The van der Waals surface area contributed by atoms with Crippen LogP contribution in [0.3, 0.4) is 0 Å². The molecule has 8 heteroatoms. The molecule has 0 fully saturated rings. The number of amides is 1. The molecule has 1 aliphatic rings. The van der Waals surface area contributed by atoms with E-state index in [4.69, 9.17) is 0 Å². The van der Waals surface area contributed by atoms with Gasteiger partial charge in [-0.3, -0.25) is 9.59 Å². The van der Waals surface area contributed by atoms with E-state index in [1.165, 1.54) is 25.4 Å². The minimum Gasteiger partial charge on any atom is -0.469 e. The van der Waals surface area contributed by atoms with Crippen LogP contribution in [0, 0.1) is 0 Å². The van der Waals surface area contributed by atoms with Gasteiger partial charge in [0.05, 0.1) is 12.7 Å². The van der Waals surface area contributed by atoms with Crippen LogP contribution in [-0.2, 0) is 19.6 Å². The van der Waals surface area contributed by atoms with Gasteiger partial charge in [-0.15, -0.1) is 0 Å². The summed E-state index contributed by atoms with van der Waals surface area (Å²) in [6.07, 6.45) is 1.59. The number of carbonyl (C=O) groups excluding carboxylic acids is 2. The molecule has 0 bridgehead atoms. The minimum atomic E-state index is -3.88. The Kier molecular flexibility index (Phi) is 3.52. The summed E-state index contributed by atoms with van der Waals surface area (Å²) in [4.78, 5) is 26.6. The molecule has 1 amide bonds. The molecule has 0 unspecified atom stereocenters. The third kappa shape index (κ3) is 2.30. The molecule has 1 aromatic heterocycles. The van der Waals surface area contributed by atoms with Crippen LogP contribution in [0.4, 0.5) is 0 Å². The van der Waals surface area contributed by atoms with Crippen molar-refractivity contribution in [3.8, 4) is 0 Å². The van der Waals surface area contributed by atoms with Crippen molar-refractivity contribution < 1.29 is 22.7 Å². The van der Waals surface area contributed by atoms with Gasteiger partial charge in [0.1, 0.15) is 0 Å². The number of sulfonamides is 1. The highest BCUT2D eigenvalue weighted by molar-refractivity contribution is 7.90. The second kappa shape index (κ2) is 4.96. The zero-order valence-electron chi connectivity index (χ0n) is 10.2. The standard InChI is InChI=1S/C11H12N2O5S/c1-18-9(14)5-3-7-13-11(15)8-4-2-6-12-10(8)19(13,16)17/h2,4,6H,3,5,7H2,1H3. The van der Waals surface area contributed by atoms with Crippen LogP contribution in [0.15, 0.2) is 23.4 Å². The molecule has 0 aliphatic carbocycles. The highest BCUT2D eigenvalue weighted by Gasteiger charge is 2.41. The number of methoxy groups -OCH3 is 1. The van der Waals surface area contributed by atoms with Crippen molar-refractivity contribution in [3.05, 3.63) is 23.9 Å². The van der Waals surface area contributed by atoms with Crippen LogP contribution in [0.5, 0.6) is 0 Å². The van der Waals surface area contributed by atoms with Crippen LogP contribution in [0.25, 0.3) is 0 Å². The summed E-state index contributed by atoms with van der Waals surface area (Å²) in [6, 6.07) is 2.92. The third-order valence-corrected chi connectivity index (χ3v) is 4.48. The Morgan fingerprint density at radius 2 is 2.21 bits per heavy atom. The molecule has 0 radical (unpaired) electrons. The Morgan fingerprint density at radius 1 is 1.47 bits per heavy atom. The smallest absolute Gasteiger partial charge is 0.305 e. The van der Waals surface area contributed by atoms with E-state index in [0.717, 1.165) is 4.31 Å². The summed E-state index contributed by atoms with van der Waals surface area (Å²) in [5, 5.41) is -0.224. The van der Waals surface area contributed by atoms with Gasteiger partial charge in [-0.05, 0) is 18.6 Å². The number of esters is 1. The third-order valence-electron chi connectivity index (χ3n) is 2.73. The molecule has 7 nitrogen and oxygen atoms in total. The number of pyridine rings is 1.